The van der Waals surface area contributed by atoms with E-state index in [9.17, 15) is 4.79 Å². The Bertz CT molecular complexity index is 481. The lowest BCUT2D eigenvalue weighted by Crippen LogP contribution is -2.49. The van der Waals surface area contributed by atoms with Crippen molar-refractivity contribution in [3.8, 4) is 5.75 Å². The van der Waals surface area contributed by atoms with Gasteiger partial charge in [-0.25, -0.2) is 0 Å². The summed E-state index contributed by atoms with van der Waals surface area (Å²) in [6.07, 6.45) is 3.40. The van der Waals surface area contributed by atoms with Crippen LogP contribution in [-0.4, -0.2) is 37.0 Å². The van der Waals surface area contributed by atoms with Gasteiger partial charge in [-0.2, -0.15) is 0 Å². The van der Waals surface area contributed by atoms with Crippen molar-refractivity contribution < 1.29 is 9.53 Å². The molecular formula is C17H27ClN2O2. The van der Waals surface area contributed by atoms with Crippen molar-refractivity contribution >= 4 is 18.3 Å². The predicted molar refractivity (Wildman–Crippen MR) is 91.5 cm³/mol. The van der Waals surface area contributed by atoms with E-state index >= 15 is 0 Å². The molecule has 1 aromatic carbocycles. The summed E-state index contributed by atoms with van der Waals surface area (Å²) in [5.74, 6) is 1.73. The molecule has 1 amide bonds. The van der Waals surface area contributed by atoms with E-state index in [-0.39, 0.29) is 24.4 Å². The summed E-state index contributed by atoms with van der Waals surface area (Å²) in [5.41, 5.74) is 6.96. The van der Waals surface area contributed by atoms with Gasteiger partial charge in [0.1, 0.15) is 5.75 Å². The van der Waals surface area contributed by atoms with E-state index in [2.05, 4.69) is 6.92 Å². The molecule has 1 fully saturated rings. The number of benzene rings is 1. The molecule has 5 heteroatoms. The van der Waals surface area contributed by atoms with Crippen LogP contribution in [0.1, 0.15) is 31.7 Å². The van der Waals surface area contributed by atoms with Gasteiger partial charge < -0.3 is 15.4 Å². The summed E-state index contributed by atoms with van der Waals surface area (Å²) >= 11 is 0. The summed E-state index contributed by atoms with van der Waals surface area (Å²) in [6, 6.07) is 8.12. The number of amides is 1. The van der Waals surface area contributed by atoms with Crippen LogP contribution < -0.4 is 10.5 Å². The molecule has 2 atom stereocenters. The van der Waals surface area contributed by atoms with Crippen molar-refractivity contribution in [1.29, 1.82) is 0 Å². The number of carbonyl (C=O) groups excluding carboxylic acids is 1. The molecule has 22 heavy (non-hydrogen) atoms. The zero-order chi connectivity index (χ0) is 15.2. The summed E-state index contributed by atoms with van der Waals surface area (Å²) in [4.78, 5) is 14.4. The molecule has 0 radical (unpaired) electrons. The molecule has 0 aromatic heterocycles. The van der Waals surface area contributed by atoms with Crippen LogP contribution in [0.15, 0.2) is 24.3 Å². The molecule has 0 aliphatic carbocycles. The zero-order valence-corrected chi connectivity index (χ0v) is 14.3. The van der Waals surface area contributed by atoms with Gasteiger partial charge >= 0.3 is 0 Å². The minimum Gasteiger partial charge on any atom is -0.497 e. The first-order chi connectivity index (χ1) is 10.1. The van der Waals surface area contributed by atoms with Crippen LogP contribution >= 0.6 is 12.4 Å². The number of aryl methyl sites for hydroxylation is 1. The minimum absolute atomic E-state index is 0. The Hall–Kier alpha value is -1.26. The molecule has 1 aromatic rings. The van der Waals surface area contributed by atoms with Gasteiger partial charge in [-0.15, -0.1) is 12.4 Å². The highest BCUT2D eigenvalue weighted by molar-refractivity contribution is 5.85. The molecule has 2 unspecified atom stereocenters. The van der Waals surface area contributed by atoms with Gasteiger partial charge in [0.2, 0.25) is 5.91 Å². The van der Waals surface area contributed by atoms with Crippen LogP contribution in [0.3, 0.4) is 0 Å². The molecule has 4 nitrogen and oxygen atoms in total. The van der Waals surface area contributed by atoms with Gasteiger partial charge in [-0.05, 0) is 42.9 Å². The maximum absolute atomic E-state index is 12.4. The topological polar surface area (TPSA) is 55.6 Å². The Balaban J connectivity index is 0.00000242. The number of hydrogen-bond donors (Lipinski definition) is 1. The zero-order valence-electron chi connectivity index (χ0n) is 13.5. The smallest absolute Gasteiger partial charge is 0.223 e. The number of hydrogen-bond acceptors (Lipinski definition) is 3. The Labute approximate surface area is 139 Å². The molecule has 1 aliphatic rings. The molecule has 1 heterocycles. The average molecular weight is 327 g/mol. The molecule has 0 saturated carbocycles. The average Bonchev–Trinajstić information content (AvgIpc) is 2.52. The molecule has 1 aliphatic heterocycles. The molecule has 2 N–H and O–H groups in total. The number of likely N-dealkylation sites (tertiary alicyclic amines) is 1. The van der Waals surface area contributed by atoms with Gasteiger partial charge in [-0.1, -0.05) is 19.1 Å². The Morgan fingerprint density at radius 3 is 2.91 bits per heavy atom. The van der Waals surface area contributed by atoms with Crippen LogP contribution in [0.5, 0.6) is 5.75 Å². The predicted octanol–water partition coefficient (Wildman–Crippen LogP) is 2.64. The highest BCUT2D eigenvalue weighted by Gasteiger charge is 2.28. The van der Waals surface area contributed by atoms with Crippen molar-refractivity contribution in [2.45, 2.75) is 38.6 Å². The number of rotatable bonds is 5. The number of nitrogens with two attached hydrogens (primary N) is 1. The van der Waals surface area contributed by atoms with Crippen LogP contribution in [0.4, 0.5) is 0 Å². The van der Waals surface area contributed by atoms with Crippen LogP contribution in [0.2, 0.25) is 0 Å². The van der Waals surface area contributed by atoms with Gasteiger partial charge in [0.15, 0.2) is 0 Å². The van der Waals surface area contributed by atoms with Gasteiger partial charge in [-0.3, -0.25) is 4.79 Å². The van der Waals surface area contributed by atoms with E-state index in [0.29, 0.717) is 18.9 Å². The third kappa shape index (κ3) is 4.89. The number of carbonyl (C=O) groups is 1. The monoisotopic (exact) mass is 326 g/mol. The number of ether oxygens (including phenoxy) is 1. The minimum atomic E-state index is 0. The van der Waals surface area contributed by atoms with Crippen molar-refractivity contribution in [2.75, 3.05) is 20.2 Å². The second-order valence-corrected chi connectivity index (χ2v) is 5.96. The first kappa shape index (κ1) is 18.8. The van der Waals surface area contributed by atoms with Crippen LogP contribution in [0.25, 0.3) is 0 Å². The van der Waals surface area contributed by atoms with Crippen LogP contribution in [0, 0.1) is 5.92 Å². The number of halogens is 1. The lowest BCUT2D eigenvalue weighted by atomic mass is 9.92. The molecule has 2 rings (SSSR count). The lowest BCUT2D eigenvalue weighted by molar-refractivity contribution is -0.135. The fraction of sp³-hybridized carbons (Fsp3) is 0.588. The number of nitrogens with zero attached hydrogens (tertiary/aromatic N) is 1. The van der Waals surface area contributed by atoms with E-state index in [0.717, 1.165) is 37.1 Å². The summed E-state index contributed by atoms with van der Waals surface area (Å²) < 4.78 is 5.21. The second-order valence-electron chi connectivity index (χ2n) is 5.96. The van der Waals surface area contributed by atoms with Crippen molar-refractivity contribution in [2.24, 2.45) is 11.7 Å². The SMILES string of the molecule is COc1cccc(CCC(=O)N2CCC(C)CC2CN)c1.Cl. The van der Waals surface area contributed by atoms with Crippen LogP contribution in [-0.2, 0) is 11.2 Å². The molecule has 1 saturated heterocycles. The third-order valence-corrected chi connectivity index (χ3v) is 4.33. The van der Waals surface area contributed by atoms with E-state index in [1.807, 2.05) is 29.2 Å². The number of piperidine rings is 1. The fourth-order valence-electron chi connectivity index (χ4n) is 3.03. The summed E-state index contributed by atoms with van der Waals surface area (Å²) in [7, 11) is 1.66. The Kier molecular flexibility index (Phi) is 7.69. The number of methoxy groups -OCH3 is 1. The van der Waals surface area contributed by atoms with E-state index in [1.54, 1.807) is 7.11 Å². The van der Waals surface area contributed by atoms with Gasteiger partial charge in [0.05, 0.1) is 7.11 Å². The second kappa shape index (κ2) is 9.01. The van der Waals surface area contributed by atoms with Gasteiger partial charge in [0.25, 0.3) is 0 Å². The highest BCUT2D eigenvalue weighted by atomic mass is 35.5. The van der Waals surface area contributed by atoms with E-state index in [4.69, 9.17) is 10.5 Å². The summed E-state index contributed by atoms with van der Waals surface area (Å²) in [6.45, 7) is 3.65. The molecular weight excluding hydrogens is 300 g/mol. The van der Waals surface area contributed by atoms with Gasteiger partial charge in [0, 0.05) is 25.6 Å². The quantitative estimate of drug-likeness (QED) is 0.905. The maximum Gasteiger partial charge on any atom is 0.223 e. The molecule has 0 bridgehead atoms. The first-order valence-electron chi connectivity index (χ1n) is 7.76. The third-order valence-electron chi connectivity index (χ3n) is 4.33. The Morgan fingerprint density at radius 2 is 2.23 bits per heavy atom. The van der Waals surface area contributed by atoms with E-state index < -0.39 is 0 Å². The normalized spacial score (nSPS) is 21.1. The van der Waals surface area contributed by atoms with Crippen molar-refractivity contribution in [3.05, 3.63) is 29.8 Å². The fourth-order valence-corrected chi connectivity index (χ4v) is 3.03. The van der Waals surface area contributed by atoms with Crippen molar-refractivity contribution in [1.82, 2.24) is 4.90 Å². The highest BCUT2D eigenvalue weighted by Crippen LogP contribution is 2.23. The van der Waals surface area contributed by atoms with E-state index in [1.165, 1.54) is 0 Å². The molecule has 124 valence electrons. The molecule has 0 spiro atoms. The summed E-state index contributed by atoms with van der Waals surface area (Å²) in [5, 5.41) is 0. The largest absolute Gasteiger partial charge is 0.497 e. The Morgan fingerprint density at radius 1 is 1.45 bits per heavy atom. The first-order valence-corrected chi connectivity index (χ1v) is 7.76. The maximum atomic E-state index is 12.4. The van der Waals surface area contributed by atoms with Crippen molar-refractivity contribution in [3.63, 3.8) is 0 Å². The standard InChI is InChI=1S/C17H26N2O2.ClH/c1-13-8-9-19(15(10-13)12-18)17(20)7-6-14-4-3-5-16(11-14)21-2;/h3-5,11,13,15H,6-10,12,18H2,1-2H3;1H. The lowest BCUT2D eigenvalue weighted by Gasteiger charge is -2.38.